The highest BCUT2D eigenvalue weighted by molar-refractivity contribution is 5.94. The van der Waals surface area contributed by atoms with Crippen LogP contribution in [0.15, 0.2) is 42.5 Å². The van der Waals surface area contributed by atoms with E-state index in [1.54, 1.807) is 53.9 Å². The Balaban J connectivity index is 1.58. The minimum Gasteiger partial charge on any atom is -0.481 e. The van der Waals surface area contributed by atoms with Crippen LogP contribution in [0.1, 0.15) is 22.8 Å². The molecule has 142 valence electrons. The van der Waals surface area contributed by atoms with Gasteiger partial charge in [-0.25, -0.2) is 14.3 Å². The van der Waals surface area contributed by atoms with Gasteiger partial charge >= 0.3 is 11.9 Å². The molecule has 3 N–H and O–H groups in total. The summed E-state index contributed by atoms with van der Waals surface area (Å²) in [5.41, 5.74) is 3.33. The molecule has 9 nitrogen and oxygen atoms in total. The molecule has 0 fully saturated rings. The van der Waals surface area contributed by atoms with Crippen LogP contribution in [0.4, 0.5) is 11.6 Å². The molecule has 0 amide bonds. The minimum atomic E-state index is -0.869. The topological polar surface area (TPSA) is 122 Å². The average molecular weight is 379 g/mol. The zero-order valence-electron chi connectivity index (χ0n) is 15.0. The smallest absolute Gasteiger partial charge is 0.338 e. The Kier molecular flexibility index (Phi) is 4.40. The third-order valence-electron chi connectivity index (χ3n) is 4.15. The van der Waals surface area contributed by atoms with E-state index in [0.29, 0.717) is 29.4 Å². The molecule has 4 rings (SSSR count). The summed E-state index contributed by atoms with van der Waals surface area (Å²) in [4.78, 5) is 31.4. The maximum absolute atomic E-state index is 11.9. The molecular weight excluding hydrogens is 362 g/mol. The number of ether oxygens (including phenoxy) is 1. The van der Waals surface area contributed by atoms with Crippen molar-refractivity contribution in [3.8, 4) is 0 Å². The Morgan fingerprint density at radius 3 is 2.68 bits per heavy atom. The number of nitrogens with one attached hydrogen (secondary N) is 2. The van der Waals surface area contributed by atoms with Crippen LogP contribution in [0.5, 0.6) is 0 Å². The molecule has 0 aliphatic heterocycles. The van der Waals surface area contributed by atoms with Crippen molar-refractivity contribution in [2.75, 3.05) is 11.9 Å². The second kappa shape index (κ2) is 7.03. The molecule has 0 atom stereocenters. The first kappa shape index (κ1) is 17.5. The van der Waals surface area contributed by atoms with Gasteiger partial charge in [0.15, 0.2) is 0 Å². The van der Waals surface area contributed by atoms with Crippen LogP contribution in [-0.4, -0.2) is 43.2 Å². The first-order chi connectivity index (χ1) is 13.5. The molecule has 2 aromatic carbocycles. The van der Waals surface area contributed by atoms with E-state index in [4.69, 9.17) is 9.84 Å². The van der Waals surface area contributed by atoms with Crippen LogP contribution >= 0.6 is 0 Å². The van der Waals surface area contributed by atoms with Crippen molar-refractivity contribution in [2.24, 2.45) is 0 Å². The van der Waals surface area contributed by atoms with Crippen molar-refractivity contribution in [3.63, 3.8) is 0 Å². The molecule has 2 heterocycles. The van der Waals surface area contributed by atoms with Gasteiger partial charge in [-0.2, -0.15) is 4.98 Å². The number of fused-ring (bicyclic) bond motifs is 3. The van der Waals surface area contributed by atoms with Gasteiger partial charge in [0.1, 0.15) is 0 Å². The highest BCUT2D eigenvalue weighted by Crippen LogP contribution is 2.20. The van der Waals surface area contributed by atoms with Gasteiger partial charge in [0.25, 0.3) is 5.78 Å². The second-order valence-corrected chi connectivity index (χ2v) is 6.14. The van der Waals surface area contributed by atoms with Crippen LogP contribution in [0.3, 0.4) is 0 Å². The van der Waals surface area contributed by atoms with Gasteiger partial charge in [0.05, 0.1) is 29.6 Å². The number of anilines is 2. The molecule has 0 spiro atoms. The van der Waals surface area contributed by atoms with E-state index in [9.17, 15) is 9.59 Å². The fourth-order valence-corrected chi connectivity index (χ4v) is 2.90. The standard InChI is InChI=1S/C19H17N5O4/c1-2-28-17(27)12-5-8-15-14(10-12)21-19-22-18(23-24(15)19)20-13-6-3-11(4-7-13)9-16(25)26/h3-8,10H,2,9H2,1H3,(H,25,26)(H2,20,21,22,23). The summed E-state index contributed by atoms with van der Waals surface area (Å²) in [6, 6.07) is 12.2. The van der Waals surface area contributed by atoms with Gasteiger partial charge in [0, 0.05) is 5.69 Å². The summed E-state index contributed by atoms with van der Waals surface area (Å²) in [7, 11) is 0. The number of carboxylic acid groups (broad SMARTS) is 1. The van der Waals surface area contributed by atoms with Gasteiger partial charge in [0.2, 0.25) is 5.95 Å². The maximum Gasteiger partial charge on any atom is 0.338 e. The van der Waals surface area contributed by atoms with Crippen molar-refractivity contribution in [2.45, 2.75) is 13.3 Å². The molecule has 0 bridgehead atoms. The second-order valence-electron chi connectivity index (χ2n) is 6.14. The van der Waals surface area contributed by atoms with Gasteiger partial charge in [-0.15, -0.1) is 0 Å². The summed E-state index contributed by atoms with van der Waals surface area (Å²) in [5.74, 6) is -0.306. The monoisotopic (exact) mass is 379 g/mol. The molecular formula is C19H17N5O4. The number of carbonyl (C=O) groups excluding carboxylic acids is 1. The average Bonchev–Trinajstić information content (AvgIpc) is 3.19. The van der Waals surface area contributed by atoms with Crippen LogP contribution in [0.2, 0.25) is 0 Å². The van der Waals surface area contributed by atoms with E-state index in [2.05, 4.69) is 20.4 Å². The fourth-order valence-electron chi connectivity index (χ4n) is 2.90. The molecule has 0 saturated heterocycles. The first-order valence-electron chi connectivity index (χ1n) is 8.66. The number of rotatable bonds is 6. The van der Waals surface area contributed by atoms with Crippen LogP contribution < -0.4 is 5.32 Å². The van der Waals surface area contributed by atoms with E-state index in [-0.39, 0.29) is 12.4 Å². The highest BCUT2D eigenvalue weighted by Gasteiger charge is 2.13. The summed E-state index contributed by atoms with van der Waals surface area (Å²) < 4.78 is 6.72. The van der Waals surface area contributed by atoms with Gasteiger partial charge in [-0.3, -0.25) is 9.89 Å². The number of H-pyrrole nitrogens is 1. The quantitative estimate of drug-likeness (QED) is 0.440. The molecule has 2 aromatic heterocycles. The van der Waals surface area contributed by atoms with Crippen molar-refractivity contribution < 1.29 is 19.4 Å². The van der Waals surface area contributed by atoms with Crippen molar-refractivity contribution in [1.29, 1.82) is 0 Å². The number of aromatic nitrogens is 4. The predicted molar refractivity (Wildman–Crippen MR) is 102 cm³/mol. The number of esters is 1. The van der Waals surface area contributed by atoms with E-state index in [1.807, 2.05) is 0 Å². The lowest BCUT2D eigenvalue weighted by Gasteiger charge is -2.04. The SMILES string of the molecule is CCOC(=O)c1ccc2c(c1)nc1nc(Nc3ccc(CC(=O)O)cc3)[nH]n12. The molecule has 0 aliphatic rings. The number of aliphatic carboxylic acids is 1. The number of nitrogens with zero attached hydrogens (tertiary/aromatic N) is 3. The van der Waals surface area contributed by atoms with Gasteiger partial charge in [-0.05, 0) is 42.8 Å². The minimum absolute atomic E-state index is 0.0192. The Bertz CT molecular complexity index is 1180. The van der Waals surface area contributed by atoms with Gasteiger partial charge < -0.3 is 15.2 Å². The summed E-state index contributed by atoms with van der Waals surface area (Å²) in [6.07, 6.45) is -0.0192. The van der Waals surface area contributed by atoms with Crippen molar-refractivity contribution >= 4 is 40.4 Å². The molecule has 4 aromatic rings. The number of carbonyl (C=O) groups is 2. The lowest BCUT2D eigenvalue weighted by Crippen LogP contribution is -2.04. The Hall–Kier alpha value is -3.88. The zero-order valence-corrected chi connectivity index (χ0v) is 15.0. The van der Waals surface area contributed by atoms with Crippen LogP contribution in [0.25, 0.3) is 16.8 Å². The van der Waals surface area contributed by atoms with Crippen LogP contribution in [0, 0.1) is 0 Å². The number of hydrogen-bond donors (Lipinski definition) is 3. The molecule has 0 saturated carbocycles. The molecule has 9 heteroatoms. The summed E-state index contributed by atoms with van der Waals surface area (Å²) >= 11 is 0. The number of benzene rings is 2. The molecule has 0 radical (unpaired) electrons. The Labute approximate surface area is 159 Å². The maximum atomic E-state index is 11.9. The number of carboxylic acids is 1. The molecule has 28 heavy (non-hydrogen) atoms. The van der Waals surface area contributed by atoms with E-state index in [0.717, 1.165) is 16.8 Å². The van der Waals surface area contributed by atoms with Gasteiger partial charge in [-0.1, -0.05) is 12.1 Å². The number of imidazole rings is 1. The zero-order chi connectivity index (χ0) is 19.7. The molecule has 0 unspecified atom stereocenters. The highest BCUT2D eigenvalue weighted by atomic mass is 16.5. The fraction of sp³-hybridized carbons (Fsp3) is 0.158. The van der Waals surface area contributed by atoms with Crippen molar-refractivity contribution in [1.82, 2.24) is 19.6 Å². The molecule has 0 aliphatic carbocycles. The normalized spacial score (nSPS) is 11.0. The summed E-state index contributed by atoms with van der Waals surface area (Å²) in [6.45, 7) is 2.07. The first-order valence-corrected chi connectivity index (χ1v) is 8.66. The largest absolute Gasteiger partial charge is 0.481 e. The van der Waals surface area contributed by atoms with E-state index >= 15 is 0 Å². The summed E-state index contributed by atoms with van der Waals surface area (Å²) in [5, 5.41) is 15.1. The van der Waals surface area contributed by atoms with Crippen LogP contribution in [-0.2, 0) is 16.0 Å². The third-order valence-corrected chi connectivity index (χ3v) is 4.15. The predicted octanol–water partition coefficient (Wildman–Crippen LogP) is 2.76. The van der Waals surface area contributed by atoms with E-state index in [1.165, 1.54) is 0 Å². The lowest BCUT2D eigenvalue weighted by molar-refractivity contribution is -0.136. The Morgan fingerprint density at radius 2 is 1.96 bits per heavy atom. The Morgan fingerprint density at radius 1 is 1.18 bits per heavy atom. The number of aromatic amines is 1. The van der Waals surface area contributed by atoms with Crippen molar-refractivity contribution in [3.05, 3.63) is 53.6 Å². The van der Waals surface area contributed by atoms with E-state index < -0.39 is 5.97 Å². The third kappa shape index (κ3) is 3.37. The number of hydrogen-bond acceptors (Lipinski definition) is 6. The lowest BCUT2D eigenvalue weighted by atomic mass is 10.1.